The summed E-state index contributed by atoms with van der Waals surface area (Å²) in [6.07, 6.45) is 1.69. The second-order valence-electron chi connectivity index (χ2n) is 4.35. The van der Waals surface area contributed by atoms with Gasteiger partial charge in [-0.1, -0.05) is 0 Å². The molecule has 1 aromatic heterocycles. The molecular weight excluding hydrogens is 236 g/mol. The Labute approximate surface area is 106 Å². The van der Waals surface area contributed by atoms with Gasteiger partial charge in [-0.2, -0.15) is 9.97 Å². The van der Waals surface area contributed by atoms with Gasteiger partial charge in [-0.05, 0) is 13.8 Å². The fourth-order valence-corrected chi connectivity index (χ4v) is 1.61. The van der Waals surface area contributed by atoms with E-state index < -0.39 is 0 Å². The lowest BCUT2D eigenvalue weighted by Gasteiger charge is -2.22. The Hall–Kier alpha value is -1.63. The van der Waals surface area contributed by atoms with Crippen molar-refractivity contribution >= 4 is 5.95 Å². The molecule has 1 aliphatic rings. The molecule has 0 radical (unpaired) electrons. The Balaban J connectivity index is 2.04. The zero-order chi connectivity index (χ0) is 13.0. The number of nitrogen functional groups attached to an aromatic ring is 1. The van der Waals surface area contributed by atoms with E-state index in [1.54, 1.807) is 0 Å². The summed E-state index contributed by atoms with van der Waals surface area (Å²) in [4.78, 5) is 11.9. The first-order valence-electron chi connectivity index (χ1n) is 6.06. The van der Waals surface area contributed by atoms with Crippen molar-refractivity contribution in [1.82, 2.24) is 15.0 Å². The Morgan fingerprint density at radius 2 is 1.83 bits per heavy atom. The molecule has 0 saturated carbocycles. The second-order valence-corrected chi connectivity index (χ2v) is 4.35. The predicted molar refractivity (Wildman–Crippen MR) is 64.5 cm³/mol. The number of nitrogens with two attached hydrogens (primary N) is 1. The van der Waals surface area contributed by atoms with Crippen molar-refractivity contribution < 1.29 is 14.2 Å². The molecule has 1 aromatic rings. The molecule has 1 saturated heterocycles. The van der Waals surface area contributed by atoms with Gasteiger partial charge in [-0.3, -0.25) is 0 Å². The molecule has 1 fully saturated rings. The van der Waals surface area contributed by atoms with E-state index in [0.717, 1.165) is 12.8 Å². The van der Waals surface area contributed by atoms with Crippen molar-refractivity contribution in [2.75, 3.05) is 18.9 Å². The van der Waals surface area contributed by atoms with Gasteiger partial charge in [0.25, 0.3) is 0 Å². The fourth-order valence-electron chi connectivity index (χ4n) is 1.61. The lowest BCUT2D eigenvalue weighted by Crippen LogP contribution is -2.27. The van der Waals surface area contributed by atoms with Crippen LogP contribution in [-0.2, 0) is 4.74 Å². The number of rotatable bonds is 4. The first-order valence-corrected chi connectivity index (χ1v) is 6.06. The van der Waals surface area contributed by atoms with Crippen LogP contribution in [0, 0.1) is 0 Å². The number of nitrogens with zero attached hydrogens (tertiary/aromatic N) is 3. The van der Waals surface area contributed by atoms with Crippen molar-refractivity contribution in [2.24, 2.45) is 0 Å². The smallest absolute Gasteiger partial charge is 0.324 e. The van der Waals surface area contributed by atoms with E-state index in [4.69, 9.17) is 19.9 Å². The minimum Gasteiger partial charge on any atom is -0.461 e. The molecule has 2 rings (SSSR count). The highest BCUT2D eigenvalue weighted by Crippen LogP contribution is 2.17. The molecule has 2 N–H and O–H groups in total. The summed E-state index contributed by atoms with van der Waals surface area (Å²) < 4.78 is 16.3. The molecule has 7 nitrogen and oxygen atoms in total. The summed E-state index contributed by atoms with van der Waals surface area (Å²) in [6.45, 7) is 5.17. The maximum absolute atomic E-state index is 5.66. The highest BCUT2D eigenvalue weighted by Gasteiger charge is 2.18. The summed E-state index contributed by atoms with van der Waals surface area (Å²) in [5.41, 5.74) is 5.59. The van der Waals surface area contributed by atoms with E-state index in [-0.39, 0.29) is 30.2 Å². The Bertz CT molecular complexity index is 394. The van der Waals surface area contributed by atoms with Gasteiger partial charge in [0.05, 0.1) is 19.3 Å². The number of hydrogen-bond acceptors (Lipinski definition) is 7. The van der Waals surface area contributed by atoms with Crippen LogP contribution in [-0.4, -0.2) is 40.4 Å². The summed E-state index contributed by atoms with van der Waals surface area (Å²) in [6, 6.07) is 0.407. The van der Waals surface area contributed by atoms with E-state index in [0.29, 0.717) is 13.2 Å². The molecule has 0 unspecified atom stereocenters. The standard InChI is InChI=1S/C11H18N4O3/c1-7(2)17-10-13-9(12)14-11(15-10)18-8-3-5-16-6-4-8/h7-8H,3-6H2,1-2H3,(H2,12,13,14,15). The number of anilines is 1. The minimum atomic E-state index is -0.0252. The summed E-state index contributed by atoms with van der Waals surface area (Å²) in [5.74, 6) is 0.0997. The average molecular weight is 254 g/mol. The highest BCUT2D eigenvalue weighted by molar-refractivity contribution is 5.20. The fraction of sp³-hybridized carbons (Fsp3) is 0.727. The lowest BCUT2D eigenvalue weighted by atomic mass is 10.2. The van der Waals surface area contributed by atoms with Gasteiger partial charge in [-0.15, -0.1) is 4.98 Å². The lowest BCUT2D eigenvalue weighted by molar-refractivity contribution is 0.0212. The molecule has 100 valence electrons. The maximum Gasteiger partial charge on any atom is 0.324 e. The molecule has 2 heterocycles. The van der Waals surface area contributed by atoms with Crippen molar-refractivity contribution in [3.05, 3.63) is 0 Å². The third-order valence-corrected chi connectivity index (χ3v) is 2.39. The number of ether oxygens (including phenoxy) is 3. The molecule has 0 amide bonds. The summed E-state index contributed by atoms with van der Waals surface area (Å²) in [5, 5.41) is 0. The van der Waals surface area contributed by atoms with Crippen molar-refractivity contribution in [2.45, 2.75) is 38.9 Å². The second kappa shape index (κ2) is 5.81. The maximum atomic E-state index is 5.66. The third-order valence-electron chi connectivity index (χ3n) is 2.39. The predicted octanol–water partition coefficient (Wildman–Crippen LogP) is 0.799. The Morgan fingerprint density at radius 1 is 1.17 bits per heavy atom. The van der Waals surface area contributed by atoms with Gasteiger partial charge < -0.3 is 19.9 Å². The normalized spacial score (nSPS) is 16.8. The van der Waals surface area contributed by atoms with Crippen LogP contribution in [0.3, 0.4) is 0 Å². The molecule has 0 aliphatic carbocycles. The van der Waals surface area contributed by atoms with Crippen molar-refractivity contribution in [1.29, 1.82) is 0 Å². The van der Waals surface area contributed by atoms with Crippen molar-refractivity contribution in [3.63, 3.8) is 0 Å². The Kier molecular flexibility index (Phi) is 4.14. The number of hydrogen-bond donors (Lipinski definition) is 1. The molecule has 0 atom stereocenters. The Morgan fingerprint density at radius 3 is 2.50 bits per heavy atom. The first kappa shape index (κ1) is 12.8. The van der Waals surface area contributed by atoms with E-state index in [1.165, 1.54) is 0 Å². The van der Waals surface area contributed by atoms with Gasteiger partial charge >= 0.3 is 12.0 Å². The average Bonchev–Trinajstić information content (AvgIpc) is 2.28. The quantitative estimate of drug-likeness (QED) is 0.849. The molecule has 0 aromatic carbocycles. The minimum absolute atomic E-state index is 0.0252. The topological polar surface area (TPSA) is 92.4 Å². The van der Waals surface area contributed by atoms with Crippen LogP contribution in [0.15, 0.2) is 0 Å². The van der Waals surface area contributed by atoms with Gasteiger partial charge in [0.1, 0.15) is 6.10 Å². The van der Waals surface area contributed by atoms with Crippen LogP contribution >= 0.6 is 0 Å². The van der Waals surface area contributed by atoms with Crippen LogP contribution in [0.1, 0.15) is 26.7 Å². The first-order chi connectivity index (χ1) is 8.63. The van der Waals surface area contributed by atoms with Crippen LogP contribution in [0.25, 0.3) is 0 Å². The van der Waals surface area contributed by atoms with Crippen LogP contribution in [0.5, 0.6) is 12.0 Å². The van der Waals surface area contributed by atoms with Crippen LogP contribution < -0.4 is 15.2 Å². The molecule has 18 heavy (non-hydrogen) atoms. The van der Waals surface area contributed by atoms with E-state index in [9.17, 15) is 0 Å². The molecular formula is C11H18N4O3. The van der Waals surface area contributed by atoms with E-state index >= 15 is 0 Å². The summed E-state index contributed by atoms with van der Waals surface area (Å²) in [7, 11) is 0. The summed E-state index contributed by atoms with van der Waals surface area (Å²) >= 11 is 0. The van der Waals surface area contributed by atoms with Crippen molar-refractivity contribution in [3.8, 4) is 12.0 Å². The van der Waals surface area contributed by atoms with Gasteiger partial charge in [0.15, 0.2) is 0 Å². The number of aromatic nitrogens is 3. The van der Waals surface area contributed by atoms with Gasteiger partial charge in [0, 0.05) is 12.8 Å². The zero-order valence-corrected chi connectivity index (χ0v) is 10.6. The molecule has 0 spiro atoms. The third kappa shape index (κ3) is 3.69. The van der Waals surface area contributed by atoms with Crippen LogP contribution in [0.2, 0.25) is 0 Å². The molecule has 7 heteroatoms. The van der Waals surface area contributed by atoms with E-state index in [1.807, 2.05) is 13.8 Å². The highest BCUT2D eigenvalue weighted by atomic mass is 16.5. The van der Waals surface area contributed by atoms with Crippen LogP contribution in [0.4, 0.5) is 5.95 Å². The SMILES string of the molecule is CC(C)Oc1nc(N)nc(OC2CCOCC2)n1. The molecule has 1 aliphatic heterocycles. The zero-order valence-electron chi connectivity index (χ0n) is 10.6. The largest absolute Gasteiger partial charge is 0.461 e. The monoisotopic (exact) mass is 254 g/mol. The van der Waals surface area contributed by atoms with Gasteiger partial charge in [0.2, 0.25) is 5.95 Å². The van der Waals surface area contributed by atoms with E-state index in [2.05, 4.69) is 15.0 Å². The van der Waals surface area contributed by atoms with Gasteiger partial charge in [-0.25, -0.2) is 0 Å². The molecule has 0 bridgehead atoms.